The van der Waals surface area contributed by atoms with Crippen LogP contribution in [-0.4, -0.2) is 23.0 Å². The van der Waals surface area contributed by atoms with E-state index < -0.39 is 0 Å². The van der Waals surface area contributed by atoms with Crippen LogP contribution in [0.4, 0.5) is 23.1 Å². The molecule has 28 heavy (non-hydrogen) atoms. The summed E-state index contributed by atoms with van der Waals surface area (Å²) >= 11 is 0. The molecule has 0 saturated carbocycles. The van der Waals surface area contributed by atoms with E-state index in [0.29, 0.717) is 23.2 Å². The van der Waals surface area contributed by atoms with Gasteiger partial charge >= 0.3 is 5.97 Å². The number of rotatable bonds is 6. The van der Waals surface area contributed by atoms with Gasteiger partial charge in [-0.15, -0.1) is 0 Å². The highest BCUT2D eigenvalue weighted by atomic mass is 16.5. The van der Waals surface area contributed by atoms with E-state index >= 15 is 0 Å². The predicted molar refractivity (Wildman–Crippen MR) is 112 cm³/mol. The van der Waals surface area contributed by atoms with Crippen LogP contribution in [0.2, 0.25) is 0 Å². The number of hydrogen-bond acceptors (Lipinski definition) is 6. The summed E-state index contributed by atoms with van der Waals surface area (Å²) in [5.74, 6) is 1.20. The molecule has 6 nitrogen and oxygen atoms in total. The summed E-state index contributed by atoms with van der Waals surface area (Å²) < 4.78 is 4.71. The molecular formula is C22H24N4O2. The first-order chi connectivity index (χ1) is 13.5. The Labute approximate surface area is 165 Å². The second-order valence-corrected chi connectivity index (χ2v) is 6.78. The predicted octanol–water partition coefficient (Wildman–Crippen LogP) is 5.18. The third-order valence-electron chi connectivity index (χ3n) is 4.40. The van der Waals surface area contributed by atoms with Gasteiger partial charge in [-0.3, -0.25) is 0 Å². The molecule has 0 radical (unpaired) electrons. The van der Waals surface area contributed by atoms with Gasteiger partial charge in [-0.1, -0.05) is 32.0 Å². The molecule has 0 amide bonds. The molecular weight excluding hydrogens is 352 g/mol. The fraction of sp³-hybridized carbons (Fsp3) is 0.227. The number of hydrogen-bond donors (Lipinski definition) is 2. The molecule has 0 saturated heterocycles. The van der Waals surface area contributed by atoms with E-state index in [1.54, 1.807) is 36.5 Å². The van der Waals surface area contributed by atoms with Crippen molar-refractivity contribution in [3.63, 3.8) is 0 Å². The molecule has 0 aliphatic rings. The van der Waals surface area contributed by atoms with Crippen LogP contribution in [-0.2, 0) is 4.74 Å². The van der Waals surface area contributed by atoms with Gasteiger partial charge in [0.25, 0.3) is 0 Å². The lowest BCUT2D eigenvalue weighted by molar-refractivity contribution is 0.0601. The summed E-state index contributed by atoms with van der Waals surface area (Å²) in [4.78, 5) is 20.4. The van der Waals surface area contributed by atoms with Gasteiger partial charge in [0.05, 0.1) is 12.7 Å². The van der Waals surface area contributed by atoms with Gasteiger partial charge in [0.1, 0.15) is 5.82 Å². The Morgan fingerprint density at radius 3 is 2.46 bits per heavy atom. The lowest BCUT2D eigenvalue weighted by atomic mass is 9.98. The molecule has 0 fully saturated rings. The van der Waals surface area contributed by atoms with Crippen molar-refractivity contribution in [2.24, 2.45) is 0 Å². The number of nitrogens with zero attached hydrogens (tertiary/aromatic N) is 2. The highest BCUT2D eigenvalue weighted by molar-refractivity contribution is 5.89. The van der Waals surface area contributed by atoms with Crippen molar-refractivity contribution < 1.29 is 9.53 Å². The van der Waals surface area contributed by atoms with E-state index in [1.807, 2.05) is 0 Å². The molecule has 3 rings (SSSR count). The zero-order valence-corrected chi connectivity index (χ0v) is 16.5. The summed E-state index contributed by atoms with van der Waals surface area (Å²) in [7, 11) is 1.36. The van der Waals surface area contributed by atoms with Crippen molar-refractivity contribution >= 4 is 29.1 Å². The molecule has 0 spiro atoms. The van der Waals surface area contributed by atoms with Crippen molar-refractivity contribution in [1.29, 1.82) is 0 Å². The Kier molecular flexibility index (Phi) is 5.89. The molecule has 1 aromatic heterocycles. The van der Waals surface area contributed by atoms with Crippen molar-refractivity contribution in [2.75, 3.05) is 17.7 Å². The van der Waals surface area contributed by atoms with E-state index in [4.69, 9.17) is 4.74 Å². The molecule has 0 atom stereocenters. The maximum absolute atomic E-state index is 11.5. The molecule has 144 valence electrons. The Morgan fingerprint density at radius 2 is 1.79 bits per heavy atom. The molecule has 0 unspecified atom stereocenters. The number of ether oxygens (including phenoxy) is 1. The smallest absolute Gasteiger partial charge is 0.337 e. The van der Waals surface area contributed by atoms with Crippen LogP contribution in [0.3, 0.4) is 0 Å². The summed E-state index contributed by atoms with van der Waals surface area (Å²) in [5.41, 5.74) is 4.72. The maximum atomic E-state index is 11.5. The lowest BCUT2D eigenvalue weighted by Gasteiger charge is -2.16. The van der Waals surface area contributed by atoms with E-state index in [2.05, 4.69) is 59.6 Å². The number of anilines is 4. The molecule has 2 aromatic carbocycles. The second kappa shape index (κ2) is 8.52. The molecule has 6 heteroatoms. The Balaban J connectivity index is 1.79. The first-order valence-electron chi connectivity index (χ1n) is 9.13. The largest absolute Gasteiger partial charge is 0.465 e. The molecule has 3 aromatic rings. The quantitative estimate of drug-likeness (QED) is 0.577. The van der Waals surface area contributed by atoms with Gasteiger partial charge in [-0.25, -0.2) is 9.78 Å². The SMILES string of the molecule is COC(=O)c1ccc(Nc2ccnc(Nc3c(C)cccc3C(C)C)n2)cc1. The number of carbonyl (C=O) groups is 1. The number of carbonyl (C=O) groups excluding carboxylic acids is 1. The normalized spacial score (nSPS) is 10.6. The molecule has 0 aliphatic heterocycles. The van der Waals surface area contributed by atoms with Crippen molar-refractivity contribution in [3.05, 3.63) is 71.4 Å². The van der Waals surface area contributed by atoms with Gasteiger partial charge in [-0.05, 0) is 54.3 Å². The van der Waals surface area contributed by atoms with Crippen molar-refractivity contribution in [1.82, 2.24) is 9.97 Å². The van der Waals surface area contributed by atoms with E-state index in [-0.39, 0.29) is 5.97 Å². The van der Waals surface area contributed by atoms with Crippen LogP contribution in [0.25, 0.3) is 0 Å². The third kappa shape index (κ3) is 4.46. The van der Waals surface area contributed by atoms with Crippen LogP contribution < -0.4 is 10.6 Å². The Hall–Kier alpha value is -3.41. The van der Waals surface area contributed by atoms with E-state index in [9.17, 15) is 4.79 Å². The summed E-state index contributed by atoms with van der Waals surface area (Å²) in [6, 6.07) is 15.1. The minimum absolute atomic E-state index is 0.362. The van der Waals surface area contributed by atoms with Gasteiger partial charge in [0, 0.05) is 17.6 Å². The number of methoxy groups -OCH3 is 1. The summed E-state index contributed by atoms with van der Waals surface area (Å²) in [6.45, 7) is 6.40. The topological polar surface area (TPSA) is 76.1 Å². The minimum Gasteiger partial charge on any atom is -0.465 e. The molecule has 0 bridgehead atoms. The number of aryl methyl sites for hydroxylation is 1. The van der Waals surface area contributed by atoms with Gasteiger partial charge in [-0.2, -0.15) is 4.98 Å². The molecule has 0 aliphatic carbocycles. The van der Waals surface area contributed by atoms with Crippen molar-refractivity contribution in [2.45, 2.75) is 26.7 Å². The van der Waals surface area contributed by atoms with E-state index in [0.717, 1.165) is 16.9 Å². The highest BCUT2D eigenvalue weighted by Crippen LogP contribution is 2.29. The average molecular weight is 376 g/mol. The fourth-order valence-corrected chi connectivity index (χ4v) is 2.90. The molecule has 2 N–H and O–H groups in total. The zero-order valence-electron chi connectivity index (χ0n) is 16.5. The van der Waals surface area contributed by atoms with Crippen LogP contribution in [0.15, 0.2) is 54.7 Å². The lowest BCUT2D eigenvalue weighted by Crippen LogP contribution is -2.05. The zero-order chi connectivity index (χ0) is 20.1. The Morgan fingerprint density at radius 1 is 1.04 bits per heavy atom. The molecule has 1 heterocycles. The first-order valence-corrected chi connectivity index (χ1v) is 9.13. The van der Waals surface area contributed by atoms with Crippen LogP contribution in [0.1, 0.15) is 41.3 Å². The number of benzene rings is 2. The summed E-state index contributed by atoms with van der Waals surface area (Å²) in [6.07, 6.45) is 1.70. The first kappa shape index (κ1) is 19.4. The number of nitrogens with one attached hydrogen (secondary N) is 2. The minimum atomic E-state index is -0.362. The number of esters is 1. The fourth-order valence-electron chi connectivity index (χ4n) is 2.90. The van der Waals surface area contributed by atoms with Gasteiger partial charge in [0.2, 0.25) is 5.95 Å². The second-order valence-electron chi connectivity index (χ2n) is 6.78. The standard InChI is InChI=1S/C22H24N4O2/c1-14(2)18-7-5-6-15(3)20(18)26-22-23-13-12-19(25-22)24-17-10-8-16(9-11-17)21(27)28-4/h5-14H,1-4H3,(H2,23,24,25,26). The summed E-state index contributed by atoms with van der Waals surface area (Å²) in [5, 5.41) is 6.58. The van der Waals surface area contributed by atoms with Crippen LogP contribution in [0.5, 0.6) is 0 Å². The average Bonchev–Trinajstić information content (AvgIpc) is 2.69. The highest BCUT2D eigenvalue weighted by Gasteiger charge is 2.11. The van der Waals surface area contributed by atoms with Crippen LogP contribution in [0, 0.1) is 6.92 Å². The Bertz CT molecular complexity index is 969. The van der Waals surface area contributed by atoms with Crippen molar-refractivity contribution in [3.8, 4) is 0 Å². The van der Waals surface area contributed by atoms with Gasteiger partial charge < -0.3 is 15.4 Å². The third-order valence-corrected chi connectivity index (χ3v) is 4.40. The van der Waals surface area contributed by atoms with E-state index in [1.165, 1.54) is 12.7 Å². The number of aromatic nitrogens is 2. The van der Waals surface area contributed by atoms with Gasteiger partial charge in [0.15, 0.2) is 0 Å². The maximum Gasteiger partial charge on any atom is 0.337 e. The van der Waals surface area contributed by atoms with Crippen LogP contribution >= 0.6 is 0 Å². The monoisotopic (exact) mass is 376 g/mol. The number of para-hydroxylation sites is 1.